The van der Waals surface area contributed by atoms with Crippen molar-refractivity contribution in [2.45, 2.75) is 51.1 Å². The van der Waals surface area contributed by atoms with Crippen molar-refractivity contribution in [3.05, 3.63) is 68.5 Å². The summed E-state index contributed by atoms with van der Waals surface area (Å²) in [5.41, 5.74) is 17.9. The highest BCUT2D eigenvalue weighted by Gasteiger charge is 2.30. The van der Waals surface area contributed by atoms with E-state index in [1.165, 1.54) is 29.6 Å². The van der Waals surface area contributed by atoms with Gasteiger partial charge in [0.25, 0.3) is 0 Å². The molecule has 2 aromatic rings. The highest BCUT2D eigenvalue weighted by molar-refractivity contribution is 6.30. The number of piperidine rings is 1. The number of benzene rings is 1. The summed E-state index contributed by atoms with van der Waals surface area (Å²) in [4.78, 5) is 17.0. The van der Waals surface area contributed by atoms with Crippen LogP contribution in [0.5, 0.6) is 0 Å². The van der Waals surface area contributed by atoms with Gasteiger partial charge in [0.05, 0.1) is 5.69 Å². The molecule has 0 amide bonds. The van der Waals surface area contributed by atoms with Gasteiger partial charge in [-0.2, -0.15) is 0 Å². The Labute approximate surface area is 217 Å². The van der Waals surface area contributed by atoms with Crippen LogP contribution in [0.15, 0.2) is 41.3 Å². The zero-order valence-electron chi connectivity index (χ0n) is 20.6. The number of likely N-dealkylation sites (tertiary alicyclic amines) is 1. The molecule has 1 aromatic carbocycles. The Hall–Kier alpha value is -2.68. The number of hydrogen-bond acceptors (Lipinski definition) is 7. The number of nitrogens with zero attached hydrogens (tertiary/aromatic N) is 7. The monoisotopic (exact) mass is 507 g/mol. The third-order valence-corrected chi connectivity index (χ3v) is 8.28. The molecule has 1 aliphatic carbocycles. The minimum absolute atomic E-state index is 0.404. The topological polar surface area (TPSA) is 119 Å². The highest BCUT2D eigenvalue weighted by atomic mass is 35.5. The van der Waals surface area contributed by atoms with Crippen molar-refractivity contribution in [1.82, 2.24) is 19.8 Å². The number of azide groups is 1. The van der Waals surface area contributed by atoms with E-state index >= 15 is 0 Å². The first-order chi connectivity index (χ1) is 17.6. The normalized spacial score (nSPS) is 21.7. The number of nitrogens with two attached hydrogens (primary N) is 1. The number of allylic oxidation sites excluding steroid dienone is 1. The SMILES string of the molecule is [N-]=[N+]=NCC1CCC(CN2CCC(N3CCc4c(ncnc4NN)C3)CC2)=C(c2ccc(Cl)cc2)C1. The summed E-state index contributed by atoms with van der Waals surface area (Å²) in [5.74, 6) is 6.80. The first-order valence-electron chi connectivity index (χ1n) is 12.9. The van der Waals surface area contributed by atoms with E-state index in [2.05, 4.69) is 47.4 Å². The number of nitrogens with one attached hydrogen (secondary N) is 1. The Bertz CT molecular complexity index is 1130. The molecular weight excluding hydrogens is 474 g/mol. The van der Waals surface area contributed by atoms with Crippen molar-refractivity contribution in [1.29, 1.82) is 0 Å². The second-order valence-corrected chi connectivity index (χ2v) is 10.6. The molecular formula is C26H34ClN9. The van der Waals surface area contributed by atoms with Crippen molar-refractivity contribution in [2.24, 2.45) is 16.9 Å². The van der Waals surface area contributed by atoms with Crippen molar-refractivity contribution < 1.29 is 0 Å². The van der Waals surface area contributed by atoms with Crippen molar-refractivity contribution in [2.75, 3.05) is 38.1 Å². The summed E-state index contributed by atoms with van der Waals surface area (Å²) in [6, 6.07) is 8.78. The molecule has 1 unspecified atom stereocenters. The van der Waals surface area contributed by atoms with Crippen LogP contribution in [0.1, 0.15) is 48.9 Å². The molecule has 3 aliphatic rings. The summed E-state index contributed by atoms with van der Waals surface area (Å²) in [6.07, 6.45) is 7.98. The number of nitrogen functional groups attached to an aromatic ring is 1. The number of rotatable bonds is 7. The minimum atomic E-state index is 0.404. The number of anilines is 1. The zero-order valence-corrected chi connectivity index (χ0v) is 21.4. The van der Waals surface area contributed by atoms with Crippen LogP contribution in [0.4, 0.5) is 5.82 Å². The fourth-order valence-corrected chi connectivity index (χ4v) is 6.17. The predicted octanol–water partition coefficient (Wildman–Crippen LogP) is 4.80. The number of hydrazine groups is 1. The Kier molecular flexibility index (Phi) is 8.04. The van der Waals surface area contributed by atoms with Crippen LogP contribution in [-0.2, 0) is 13.0 Å². The molecule has 5 rings (SSSR count). The first kappa shape index (κ1) is 25.0. The van der Waals surface area contributed by atoms with Gasteiger partial charge in [-0.3, -0.25) is 9.80 Å². The number of fused-ring (bicyclic) bond motifs is 1. The van der Waals surface area contributed by atoms with E-state index in [1.807, 2.05) is 12.1 Å². The summed E-state index contributed by atoms with van der Waals surface area (Å²) >= 11 is 6.16. The molecule has 190 valence electrons. The quantitative estimate of drug-likeness (QED) is 0.182. The van der Waals surface area contributed by atoms with Crippen molar-refractivity contribution in [3.8, 4) is 0 Å². The number of halogens is 1. The summed E-state index contributed by atoms with van der Waals surface area (Å²) < 4.78 is 0. The van der Waals surface area contributed by atoms with Crippen LogP contribution in [0.25, 0.3) is 16.0 Å². The summed E-state index contributed by atoms with van der Waals surface area (Å²) in [6.45, 7) is 5.69. The lowest BCUT2D eigenvalue weighted by Gasteiger charge is -2.41. The van der Waals surface area contributed by atoms with E-state index in [-0.39, 0.29) is 0 Å². The molecule has 3 heterocycles. The van der Waals surface area contributed by atoms with E-state index in [9.17, 15) is 0 Å². The molecule has 1 fully saturated rings. The van der Waals surface area contributed by atoms with E-state index in [1.54, 1.807) is 6.33 Å². The second-order valence-electron chi connectivity index (χ2n) is 10.1. The third kappa shape index (κ3) is 5.66. The van der Waals surface area contributed by atoms with Gasteiger partial charge >= 0.3 is 0 Å². The molecule has 3 N–H and O–H groups in total. The van der Waals surface area contributed by atoms with E-state index in [0.29, 0.717) is 18.5 Å². The summed E-state index contributed by atoms with van der Waals surface area (Å²) in [7, 11) is 0. The van der Waals surface area contributed by atoms with Gasteiger partial charge < -0.3 is 5.43 Å². The lowest BCUT2D eigenvalue weighted by molar-refractivity contribution is 0.100. The van der Waals surface area contributed by atoms with Crippen LogP contribution >= 0.6 is 11.6 Å². The third-order valence-electron chi connectivity index (χ3n) is 8.03. The minimum Gasteiger partial charge on any atom is -0.308 e. The van der Waals surface area contributed by atoms with Crippen molar-refractivity contribution >= 4 is 23.0 Å². The predicted molar refractivity (Wildman–Crippen MR) is 143 cm³/mol. The molecule has 0 spiro atoms. The van der Waals surface area contributed by atoms with E-state index in [0.717, 1.165) is 80.5 Å². The van der Waals surface area contributed by atoms with E-state index in [4.69, 9.17) is 23.0 Å². The van der Waals surface area contributed by atoms with E-state index < -0.39 is 0 Å². The largest absolute Gasteiger partial charge is 0.308 e. The molecule has 9 nitrogen and oxygen atoms in total. The average Bonchev–Trinajstić information content (AvgIpc) is 2.92. The molecule has 0 saturated carbocycles. The van der Waals surface area contributed by atoms with Gasteiger partial charge in [-0.25, -0.2) is 15.8 Å². The Balaban J connectivity index is 1.23. The van der Waals surface area contributed by atoms with Crippen LogP contribution in [0.2, 0.25) is 5.02 Å². The maximum absolute atomic E-state index is 8.77. The molecule has 0 bridgehead atoms. The molecule has 1 aromatic heterocycles. The Morgan fingerprint density at radius 3 is 2.67 bits per heavy atom. The average molecular weight is 508 g/mol. The highest BCUT2D eigenvalue weighted by Crippen LogP contribution is 2.37. The fraction of sp³-hybridized carbons (Fsp3) is 0.538. The van der Waals surface area contributed by atoms with Crippen molar-refractivity contribution in [3.63, 3.8) is 0 Å². The van der Waals surface area contributed by atoms with Gasteiger partial charge in [0.2, 0.25) is 0 Å². The number of aromatic nitrogens is 2. The van der Waals surface area contributed by atoms with Gasteiger partial charge in [-0.05, 0) is 86.3 Å². The van der Waals surface area contributed by atoms with Crippen LogP contribution < -0.4 is 11.3 Å². The molecule has 1 saturated heterocycles. The van der Waals surface area contributed by atoms with Gasteiger partial charge in [-0.15, -0.1) is 0 Å². The first-order valence-corrected chi connectivity index (χ1v) is 13.3. The zero-order chi connectivity index (χ0) is 24.9. The van der Waals surface area contributed by atoms with Gasteiger partial charge in [0.1, 0.15) is 12.1 Å². The van der Waals surface area contributed by atoms with Gasteiger partial charge in [0, 0.05) is 47.7 Å². The fourth-order valence-electron chi connectivity index (χ4n) is 6.04. The Morgan fingerprint density at radius 2 is 1.92 bits per heavy atom. The number of hydrogen-bond donors (Lipinski definition) is 2. The van der Waals surface area contributed by atoms with Crippen LogP contribution in [0, 0.1) is 5.92 Å². The second kappa shape index (κ2) is 11.6. The van der Waals surface area contributed by atoms with Gasteiger partial charge in [0.15, 0.2) is 0 Å². The molecule has 2 aliphatic heterocycles. The van der Waals surface area contributed by atoms with Crippen LogP contribution in [-0.4, -0.2) is 58.5 Å². The standard InChI is InChI=1S/C26H34ClN9/c27-21-5-3-19(4-6-21)24-13-18(14-32-34-29)1-2-20(24)15-35-10-7-22(8-11-35)36-12-9-23-25(16-36)30-17-31-26(23)33-28/h3-6,17-18,22H,1-2,7-16,28H2,(H,30,31,33). The summed E-state index contributed by atoms with van der Waals surface area (Å²) in [5, 5.41) is 4.62. The maximum Gasteiger partial charge on any atom is 0.146 e. The molecule has 10 heteroatoms. The van der Waals surface area contributed by atoms with Crippen LogP contribution in [0.3, 0.4) is 0 Å². The molecule has 1 atom stereocenters. The smallest absolute Gasteiger partial charge is 0.146 e. The molecule has 0 radical (unpaired) electrons. The van der Waals surface area contributed by atoms with Gasteiger partial charge in [-0.1, -0.05) is 34.4 Å². The molecule has 36 heavy (non-hydrogen) atoms. The lowest BCUT2D eigenvalue weighted by atomic mass is 9.80. The lowest BCUT2D eigenvalue weighted by Crippen LogP contribution is -2.47. The Morgan fingerprint density at radius 1 is 1.11 bits per heavy atom. The maximum atomic E-state index is 8.77.